The highest BCUT2D eigenvalue weighted by molar-refractivity contribution is 6.03. The zero-order valence-electron chi connectivity index (χ0n) is 17.6. The topological polar surface area (TPSA) is 52.8 Å². The Labute approximate surface area is 176 Å². The largest absolute Gasteiger partial charge is 0.482 e. The van der Waals surface area contributed by atoms with Gasteiger partial charge in [-0.1, -0.05) is 55.4 Å². The van der Waals surface area contributed by atoms with Crippen LogP contribution in [0.5, 0.6) is 5.75 Å². The van der Waals surface area contributed by atoms with Gasteiger partial charge < -0.3 is 14.1 Å². The fourth-order valence-corrected chi connectivity index (χ4v) is 3.99. The lowest BCUT2D eigenvalue weighted by Crippen LogP contribution is -2.29. The molecule has 0 aliphatic heterocycles. The lowest BCUT2D eigenvalue weighted by Gasteiger charge is -2.31. The highest BCUT2D eigenvalue weighted by Gasteiger charge is 2.33. The van der Waals surface area contributed by atoms with Crippen molar-refractivity contribution >= 4 is 11.7 Å². The molecular weight excluding hydrogens is 376 g/mol. The second-order valence-electron chi connectivity index (χ2n) is 8.44. The Balaban J connectivity index is 1.57. The first-order valence-electron chi connectivity index (χ1n) is 10.1. The predicted octanol–water partition coefficient (Wildman–Crippen LogP) is 5.08. The number of carbonyl (C=O) groups is 1. The molecule has 0 saturated carbocycles. The van der Waals surface area contributed by atoms with E-state index < -0.39 is 5.97 Å². The van der Waals surface area contributed by atoms with Crippen LogP contribution in [0.4, 0.5) is 0 Å². The third-order valence-corrected chi connectivity index (χ3v) is 5.26. The molecule has 0 N–H and O–H groups in total. The number of aryl methyl sites for hydroxylation is 1. The average molecular weight is 402 g/mol. The van der Waals surface area contributed by atoms with E-state index in [1.807, 2.05) is 36.4 Å². The maximum absolute atomic E-state index is 12.2. The van der Waals surface area contributed by atoms with Crippen LogP contribution in [0.1, 0.15) is 37.2 Å². The van der Waals surface area contributed by atoms with Gasteiger partial charge in [0.25, 0.3) is 0 Å². The number of oxime groups is 1. The van der Waals surface area contributed by atoms with Crippen molar-refractivity contribution in [2.45, 2.75) is 33.6 Å². The predicted molar refractivity (Wildman–Crippen MR) is 117 cm³/mol. The molecular formula is C25H26N2O3. The van der Waals surface area contributed by atoms with Gasteiger partial charge in [-0.3, -0.25) is 0 Å². The number of nitrogens with zero attached hydrogens (tertiary/aromatic N) is 2. The molecule has 1 aliphatic rings. The first kappa shape index (κ1) is 20.0. The Morgan fingerprint density at radius 2 is 1.70 bits per heavy atom. The summed E-state index contributed by atoms with van der Waals surface area (Å²) in [5.41, 5.74) is 5.32. The van der Waals surface area contributed by atoms with Crippen LogP contribution in [0.15, 0.2) is 71.9 Å². The summed E-state index contributed by atoms with van der Waals surface area (Å²) in [6.07, 6.45) is 1.67. The molecule has 0 amide bonds. The lowest BCUT2D eigenvalue weighted by atomic mass is 9.76. The zero-order valence-corrected chi connectivity index (χ0v) is 17.6. The maximum atomic E-state index is 12.2. The van der Waals surface area contributed by atoms with Crippen LogP contribution in [0.2, 0.25) is 0 Å². The Morgan fingerprint density at radius 1 is 1.03 bits per heavy atom. The van der Waals surface area contributed by atoms with Gasteiger partial charge in [-0.15, -0.1) is 0 Å². The van der Waals surface area contributed by atoms with E-state index in [1.165, 1.54) is 5.69 Å². The molecule has 0 unspecified atom stereocenters. The second kappa shape index (κ2) is 8.19. The minimum atomic E-state index is -0.518. The molecule has 0 saturated heterocycles. The van der Waals surface area contributed by atoms with Crippen molar-refractivity contribution in [1.29, 1.82) is 0 Å². The van der Waals surface area contributed by atoms with Crippen LogP contribution < -0.4 is 4.74 Å². The van der Waals surface area contributed by atoms with Gasteiger partial charge in [0.05, 0.1) is 5.71 Å². The van der Waals surface area contributed by atoms with E-state index in [9.17, 15) is 4.79 Å². The molecule has 1 aromatic heterocycles. The number of fused-ring (bicyclic) bond motifs is 1. The van der Waals surface area contributed by atoms with Crippen LogP contribution >= 0.6 is 0 Å². The van der Waals surface area contributed by atoms with Crippen LogP contribution in [0.25, 0.3) is 5.69 Å². The van der Waals surface area contributed by atoms with Crippen molar-refractivity contribution in [1.82, 2.24) is 4.57 Å². The molecule has 0 spiro atoms. The van der Waals surface area contributed by atoms with Crippen molar-refractivity contribution in [2.75, 3.05) is 6.61 Å². The summed E-state index contributed by atoms with van der Waals surface area (Å²) < 4.78 is 7.72. The lowest BCUT2D eigenvalue weighted by molar-refractivity contribution is -0.146. The Kier molecular flexibility index (Phi) is 5.44. The van der Waals surface area contributed by atoms with E-state index in [1.54, 1.807) is 12.1 Å². The third-order valence-electron chi connectivity index (χ3n) is 5.26. The van der Waals surface area contributed by atoms with Gasteiger partial charge in [0.1, 0.15) is 5.75 Å². The molecule has 30 heavy (non-hydrogen) atoms. The van der Waals surface area contributed by atoms with Gasteiger partial charge in [0.2, 0.25) is 0 Å². The van der Waals surface area contributed by atoms with Crippen LogP contribution in [-0.4, -0.2) is 22.9 Å². The molecule has 4 rings (SSSR count). The van der Waals surface area contributed by atoms with Crippen molar-refractivity contribution in [2.24, 2.45) is 10.6 Å². The van der Waals surface area contributed by atoms with Gasteiger partial charge in [-0.05, 0) is 55.5 Å². The highest BCUT2D eigenvalue weighted by atomic mass is 16.7. The van der Waals surface area contributed by atoms with Gasteiger partial charge >= 0.3 is 5.97 Å². The van der Waals surface area contributed by atoms with Crippen molar-refractivity contribution < 1.29 is 14.4 Å². The van der Waals surface area contributed by atoms with Gasteiger partial charge in [0.15, 0.2) is 6.61 Å². The fourth-order valence-electron chi connectivity index (χ4n) is 3.99. The summed E-state index contributed by atoms with van der Waals surface area (Å²) in [6.45, 7) is 6.34. The van der Waals surface area contributed by atoms with E-state index in [0.717, 1.165) is 35.5 Å². The van der Waals surface area contributed by atoms with E-state index >= 15 is 0 Å². The van der Waals surface area contributed by atoms with E-state index in [-0.39, 0.29) is 12.0 Å². The standard InChI is InChI=1S/C25H26N2O3/c1-18-14-21-22(26-30-24(28)17-29-20-12-8-5-9-13-20)15-25(2,3)16-23(21)27(18)19-10-6-4-7-11-19/h4-14H,15-17H2,1-3H3/b26-22+. The number of benzene rings is 2. The van der Waals surface area contributed by atoms with Gasteiger partial charge in [0, 0.05) is 22.6 Å². The summed E-state index contributed by atoms with van der Waals surface area (Å²) >= 11 is 0. The molecule has 5 nitrogen and oxygen atoms in total. The summed E-state index contributed by atoms with van der Waals surface area (Å²) in [7, 11) is 0. The molecule has 2 aromatic carbocycles. The molecule has 3 aromatic rings. The number of hydrogen-bond acceptors (Lipinski definition) is 4. The molecule has 5 heteroatoms. The minimum Gasteiger partial charge on any atom is -0.482 e. The first-order chi connectivity index (χ1) is 14.4. The van der Waals surface area contributed by atoms with Gasteiger partial charge in [-0.2, -0.15) is 0 Å². The quantitative estimate of drug-likeness (QED) is 0.441. The smallest absolute Gasteiger partial charge is 0.372 e. The van der Waals surface area contributed by atoms with Crippen LogP contribution in [-0.2, 0) is 16.1 Å². The molecule has 0 fully saturated rings. The second-order valence-corrected chi connectivity index (χ2v) is 8.44. The summed E-state index contributed by atoms with van der Waals surface area (Å²) in [6, 6.07) is 21.6. The number of para-hydroxylation sites is 2. The van der Waals surface area contributed by atoms with Crippen LogP contribution in [0.3, 0.4) is 0 Å². The van der Waals surface area contributed by atoms with E-state index in [2.05, 4.69) is 48.7 Å². The van der Waals surface area contributed by atoms with E-state index in [0.29, 0.717) is 5.75 Å². The number of carbonyl (C=O) groups excluding carboxylic acids is 1. The SMILES string of the molecule is Cc1cc2c(n1-c1ccccc1)CC(C)(C)C/C2=N\OC(=O)COc1ccccc1. The number of aromatic nitrogens is 1. The molecule has 0 bridgehead atoms. The molecule has 0 radical (unpaired) electrons. The fraction of sp³-hybridized carbons (Fsp3) is 0.280. The van der Waals surface area contributed by atoms with Gasteiger partial charge in [-0.25, -0.2) is 4.79 Å². The molecule has 0 atom stereocenters. The average Bonchev–Trinajstić information content (AvgIpc) is 3.06. The Morgan fingerprint density at radius 3 is 2.40 bits per heavy atom. The van der Waals surface area contributed by atoms with Crippen molar-refractivity contribution in [3.8, 4) is 11.4 Å². The highest BCUT2D eigenvalue weighted by Crippen LogP contribution is 2.38. The van der Waals surface area contributed by atoms with Crippen LogP contribution in [0, 0.1) is 12.3 Å². The van der Waals surface area contributed by atoms with Crippen molar-refractivity contribution in [3.63, 3.8) is 0 Å². The first-order valence-corrected chi connectivity index (χ1v) is 10.1. The number of hydrogen-bond donors (Lipinski definition) is 0. The Hall–Kier alpha value is -3.34. The number of rotatable bonds is 5. The zero-order chi connectivity index (χ0) is 21.1. The number of ether oxygens (including phenoxy) is 1. The normalized spacial score (nSPS) is 16.2. The minimum absolute atomic E-state index is 0.0100. The van der Waals surface area contributed by atoms with Crippen molar-refractivity contribution in [3.05, 3.63) is 83.7 Å². The monoisotopic (exact) mass is 402 g/mol. The summed E-state index contributed by atoms with van der Waals surface area (Å²) in [5, 5.41) is 4.25. The molecule has 154 valence electrons. The third kappa shape index (κ3) is 4.30. The maximum Gasteiger partial charge on any atom is 0.372 e. The summed E-state index contributed by atoms with van der Waals surface area (Å²) in [5.74, 6) is 0.106. The Bertz CT molecular complexity index is 1070. The van der Waals surface area contributed by atoms with E-state index in [4.69, 9.17) is 9.57 Å². The summed E-state index contributed by atoms with van der Waals surface area (Å²) in [4.78, 5) is 17.4. The molecule has 1 aliphatic carbocycles. The molecule has 1 heterocycles.